The van der Waals surface area contributed by atoms with E-state index in [0.29, 0.717) is 5.56 Å². The Labute approximate surface area is 160 Å². The summed E-state index contributed by atoms with van der Waals surface area (Å²) in [6.07, 6.45) is -0.296. The van der Waals surface area contributed by atoms with Crippen molar-refractivity contribution in [2.45, 2.75) is 23.8 Å². The van der Waals surface area contributed by atoms with Crippen LogP contribution in [-0.4, -0.2) is 32.3 Å². The van der Waals surface area contributed by atoms with E-state index in [0.717, 1.165) is 12.1 Å². The Kier molecular flexibility index (Phi) is 5.52. The summed E-state index contributed by atoms with van der Waals surface area (Å²) in [5, 5.41) is 0. The summed E-state index contributed by atoms with van der Waals surface area (Å²) < 4.78 is 121. The smallest absolute Gasteiger partial charge is 0.339 e. The van der Waals surface area contributed by atoms with Gasteiger partial charge < -0.3 is 4.18 Å². The molecule has 2 aromatic carbocycles. The maximum atomic E-state index is 13.6. The summed E-state index contributed by atoms with van der Waals surface area (Å²) in [4.78, 5) is 0.825. The third kappa shape index (κ3) is 4.32. The van der Waals surface area contributed by atoms with Crippen molar-refractivity contribution in [3.63, 3.8) is 0 Å². The van der Waals surface area contributed by atoms with Crippen molar-refractivity contribution in [1.82, 2.24) is 4.90 Å². The molecule has 0 amide bonds. The monoisotopic (exact) mass is 443 g/mol. The Morgan fingerprint density at radius 1 is 0.897 bits per heavy atom. The van der Waals surface area contributed by atoms with E-state index < -0.39 is 62.3 Å². The molecular formula is C17H12F7NO3S. The van der Waals surface area contributed by atoms with E-state index in [1.165, 1.54) is 17.0 Å². The molecule has 1 fully saturated rings. The number of rotatable bonds is 5. The standard InChI is InChI=1S/C17H12F7NO3S/c18-11-12(19)14(21)16(15(22)13(11)20)28-29(26,27)10-3-1-9(2-4-10)7-25-6-5-17(23,24)8-25/h1-4H,5-8H2. The summed E-state index contributed by atoms with van der Waals surface area (Å²) in [6.45, 7) is -0.193. The van der Waals surface area contributed by atoms with Gasteiger partial charge in [-0.3, -0.25) is 4.90 Å². The van der Waals surface area contributed by atoms with Gasteiger partial charge in [0.15, 0.2) is 0 Å². The lowest BCUT2D eigenvalue weighted by Crippen LogP contribution is -2.24. The van der Waals surface area contributed by atoms with Gasteiger partial charge in [-0.1, -0.05) is 12.1 Å². The molecule has 29 heavy (non-hydrogen) atoms. The molecule has 12 heteroatoms. The van der Waals surface area contributed by atoms with E-state index in [4.69, 9.17) is 0 Å². The number of benzene rings is 2. The maximum absolute atomic E-state index is 13.6. The van der Waals surface area contributed by atoms with Crippen LogP contribution in [-0.2, 0) is 16.7 Å². The number of nitrogens with zero attached hydrogens (tertiary/aromatic N) is 1. The first-order valence-electron chi connectivity index (χ1n) is 8.06. The second-order valence-electron chi connectivity index (χ2n) is 6.40. The van der Waals surface area contributed by atoms with E-state index in [9.17, 15) is 39.2 Å². The molecule has 0 aromatic heterocycles. The van der Waals surface area contributed by atoms with Crippen LogP contribution in [0.15, 0.2) is 29.2 Å². The van der Waals surface area contributed by atoms with E-state index in [1.807, 2.05) is 0 Å². The van der Waals surface area contributed by atoms with Gasteiger partial charge in [-0.25, -0.2) is 22.0 Å². The van der Waals surface area contributed by atoms with Gasteiger partial charge in [-0.2, -0.15) is 17.2 Å². The van der Waals surface area contributed by atoms with Crippen molar-refractivity contribution in [1.29, 1.82) is 0 Å². The second-order valence-corrected chi connectivity index (χ2v) is 7.94. The van der Waals surface area contributed by atoms with Crippen molar-refractivity contribution in [2.75, 3.05) is 13.1 Å². The van der Waals surface area contributed by atoms with Gasteiger partial charge in [0, 0.05) is 19.5 Å². The van der Waals surface area contributed by atoms with Crippen LogP contribution in [0.3, 0.4) is 0 Å². The number of likely N-dealkylation sites (tertiary alicyclic amines) is 1. The fourth-order valence-electron chi connectivity index (χ4n) is 2.78. The minimum atomic E-state index is -4.94. The molecule has 1 aliphatic rings. The van der Waals surface area contributed by atoms with Gasteiger partial charge in [-0.15, -0.1) is 0 Å². The average Bonchev–Trinajstić information content (AvgIpc) is 3.01. The van der Waals surface area contributed by atoms with E-state index in [-0.39, 0.29) is 19.5 Å². The van der Waals surface area contributed by atoms with Crippen molar-refractivity contribution in [2.24, 2.45) is 0 Å². The molecule has 0 bridgehead atoms. The second kappa shape index (κ2) is 7.48. The molecule has 2 aromatic rings. The normalized spacial score (nSPS) is 16.9. The Morgan fingerprint density at radius 3 is 1.90 bits per heavy atom. The first kappa shape index (κ1) is 21.4. The highest BCUT2D eigenvalue weighted by molar-refractivity contribution is 7.87. The highest BCUT2D eigenvalue weighted by Gasteiger charge is 2.38. The zero-order valence-corrected chi connectivity index (χ0v) is 15.2. The molecule has 3 rings (SSSR count). The molecule has 0 N–H and O–H groups in total. The van der Waals surface area contributed by atoms with Crippen LogP contribution in [0.4, 0.5) is 30.7 Å². The van der Waals surface area contributed by atoms with Gasteiger partial charge in [0.2, 0.25) is 34.8 Å². The summed E-state index contributed by atoms with van der Waals surface area (Å²) in [6, 6.07) is 4.44. The first-order chi connectivity index (χ1) is 13.4. The van der Waals surface area contributed by atoms with Crippen LogP contribution in [0, 0.1) is 29.1 Å². The predicted octanol–water partition coefficient (Wildman–Crippen LogP) is 3.99. The van der Waals surface area contributed by atoms with Crippen molar-refractivity contribution < 1.29 is 43.3 Å². The Hall–Kier alpha value is -2.34. The molecule has 1 aliphatic heterocycles. The molecule has 0 spiro atoms. The van der Waals surface area contributed by atoms with Crippen LogP contribution in [0.1, 0.15) is 12.0 Å². The van der Waals surface area contributed by atoms with Crippen molar-refractivity contribution in [3.8, 4) is 5.75 Å². The van der Waals surface area contributed by atoms with Gasteiger partial charge in [-0.05, 0) is 17.7 Å². The molecule has 0 unspecified atom stereocenters. The largest absolute Gasteiger partial charge is 0.372 e. The maximum Gasteiger partial charge on any atom is 0.339 e. The van der Waals surface area contributed by atoms with Crippen LogP contribution in [0.5, 0.6) is 5.75 Å². The molecule has 0 saturated carbocycles. The molecule has 0 radical (unpaired) electrons. The van der Waals surface area contributed by atoms with Crippen LogP contribution in [0.2, 0.25) is 0 Å². The highest BCUT2D eigenvalue weighted by atomic mass is 32.2. The number of alkyl halides is 2. The topological polar surface area (TPSA) is 46.6 Å². The number of halogens is 7. The Balaban J connectivity index is 1.81. The van der Waals surface area contributed by atoms with Gasteiger partial charge >= 0.3 is 10.1 Å². The molecule has 1 saturated heterocycles. The number of hydrogen-bond donors (Lipinski definition) is 0. The lowest BCUT2D eigenvalue weighted by atomic mass is 10.2. The molecule has 0 atom stereocenters. The van der Waals surface area contributed by atoms with Crippen molar-refractivity contribution in [3.05, 3.63) is 58.9 Å². The minimum Gasteiger partial charge on any atom is -0.372 e. The SMILES string of the molecule is O=S(=O)(Oc1c(F)c(F)c(F)c(F)c1F)c1ccc(CN2CCC(F)(F)C2)cc1. The third-order valence-corrected chi connectivity index (χ3v) is 5.47. The zero-order chi connectivity index (χ0) is 21.6. The zero-order valence-electron chi connectivity index (χ0n) is 14.4. The first-order valence-corrected chi connectivity index (χ1v) is 9.47. The van der Waals surface area contributed by atoms with E-state index >= 15 is 0 Å². The molecule has 0 aliphatic carbocycles. The minimum absolute atomic E-state index is 0.106. The average molecular weight is 443 g/mol. The highest BCUT2D eigenvalue weighted by Crippen LogP contribution is 2.32. The molecule has 1 heterocycles. The van der Waals surface area contributed by atoms with E-state index in [1.54, 1.807) is 0 Å². The lowest BCUT2D eigenvalue weighted by molar-refractivity contribution is 0.0115. The molecule has 4 nitrogen and oxygen atoms in total. The fourth-order valence-corrected chi connectivity index (χ4v) is 3.71. The third-order valence-electron chi connectivity index (χ3n) is 4.23. The Morgan fingerprint density at radius 2 is 1.41 bits per heavy atom. The fraction of sp³-hybridized carbons (Fsp3) is 0.294. The van der Waals surface area contributed by atoms with Gasteiger partial charge in [0.05, 0.1) is 6.54 Å². The molecule has 158 valence electrons. The summed E-state index contributed by atoms with van der Waals surface area (Å²) in [7, 11) is -4.94. The van der Waals surface area contributed by atoms with Gasteiger partial charge in [0.25, 0.3) is 5.92 Å². The van der Waals surface area contributed by atoms with Gasteiger partial charge in [0.1, 0.15) is 4.90 Å². The number of hydrogen-bond acceptors (Lipinski definition) is 4. The van der Waals surface area contributed by atoms with Crippen LogP contribution < -0.4 is 4.18 Å². The van der Waals surface area contributed by atoms with E-state index in [2.05, 4.69) is 4.18 Å². The van der Waals surface area contributed by atoms with Crippen LogP contribution in [0.25, 0.3) is 0 Å². The Bertz CT molecular complexity index is 1010. The molecular weight excluding hydrogens is 431 g/mol. The predicted molar refractivity (Wildman–Crippen MR) is 85.3 cm³/mol. The van der Waals surface area contributed by atoms with Crippen LogP contribution >= 0.6 is 0 Å². The summed E-state index contributed by atoms with van der Waals surface area (Å²) >= 11 is 0. The summed E-state index contributed by atoms with van der Waals surface area (Å²) in [5.74, 6) is -16.8. The summed E-state index contributed by atoms with van der Waals surface area (Å²) in [5.41, 5.74) is 0.470. The quantitative estimate of drug-likeness (QED) is 0.304. The lowest BCUT2D eigenvalue weighted by Gasteiger charge is -2.16. The van der Waals surface area contributed by atoms with Crippen molar-refractivity contribution >= 4 is 10.1 Å².